The number of fused-ring (bicyclic) bond motifs is 1. The monoisotopic (exact) mass is 331 g/mol. The van der Waals surface area contributed by atoms with Gasteiger partial charge in [0.2, 0.25) is 0 Å². The van der Waals surface area contributed by atoms with Gasteiger partial charge in [0.1, 0.15) is 5.75 Å². The highest BCUT2D eigenvalue weighted by Crippen LogP contribution is 2.41. The first-order valence-electron chi connectivity index (χ1n) is 8.48. The van der Waals surface area contributed by atoms with Gasteiger partial charge in [-0.2, -0.15) is 0 Å². The molecule has 0 atom stereocenters. The Kier molecular flexibility index (Phi) is 6.73. The quantitative estimate of drug-likeness (QED) is 0.722. The fourth-order valence-electron chi connectivity index (χ4n) is 2.43. The largest absolute Gasteiger partial charge is 0.493 e. The van der Waals surface area contributed by atoms with E-state index >= 15 is 0 Å². The van der Waals surface area contributed by atoms with Crippen molar-refractivity contribution in [1.82, 2.24) is 5.32 Å². The Morgan fingerprint density at radius 2 is 1.67 bits per heavy atom. The first kappa shape index (κ1) is 17.9. The number of benzene rings is 2. The maximum absolute atomic E-state index is 12.1. The molecule has 0 aliphatic carbocycles. The average molecular weight is 331 g/mol. The smallest absolute Gasteiger partial charge is 0.412 e. The topological polar surface area (TPSA) is 56.8 Å². The fourth-order valence-corrected chi connectivity index (χ4v) is 2.43. The molecule has 24 heavy (non-hydrogen) atoms. The first-order chi connectivity index (χ1) is 11.7. The lowest BCUT2D eigenvalue weighted by Crippen LogP contribution is -2.27. The number of hydrogen-bond acceptors (Lipinski definition) is 4. The van der Waals surface area contributed by atoms with Gasteiger partial charge in [-0.15, -0.1) is 0 Å². The van der Waals surface area contributed by atoms with Crippen molar-refractivity contribution in [2.24, 2.45) is 0 Å². The van der Waals surface area contributed by atoms with Crippen LogP contribution in [-0.2, 0) is 0 Å². The summed E-state index contributed by atoms with van der Waals surface area (Å²) in [7, 11) is 0. The van der Waals surface area contributed by atoms with E-state index in [0.717, 1.165) is 29.4 Å². The van der Waals surface area contributed by atoms with Gasteiger partial charge in [0.05, 0.1) is 13.2 Å². The van der Waals surface area contributed by atoms with Crippen LogP contribution in [0.2, 0.25) is 0 Å². The fraction of sp³-hybridized carbons (Fsp3) is 0.421. The molecule has 0 bridgehead atoms. The van der Waals surface area contributed by atoms with E-state index in [1.165, 1.54) is 0 Å². The number of hydrogen-bond donors (Lipinski definition) is 1. The molecule has 2 rings (SSSR count). The second-order valence-corrected chi connectivity index (χ2v) is 5.28. The molecule has 2 aromatic carbocycles. The molecule has 0 aromatic heterocycles. The average Bonchev–Trinajstić information content (AvgIpc) is 2.59. The molecule has 1 amide bonds. The van der Waals surface area contributed by atoms with Crippen LogP contribution in [0.15, 0.2) is 30.3 Å². The molecule has 2 aromatic rings. The van der Waals surface area contributed by atoms with Crippen LogP contribution in [0.5, 0.6) is 17.2 Å². The maximum Gasteiger partial charge on any atom is 0.412 e. The third kappa shape index (κ3) is 4.31. The SMILES string of the molecule is CCCCNC(=O)Oc1c(OCC)cc(OCC)c2ccccc12. The predicted molar refractivity (Wildman–Crippen MR) is 95.2 cm³/mol. The van der Waals surface area contributed by atoms with Crippen LogP contribution in [-0.4, -0.2) is 25.9 Å². The van der Waals surface area contributed by atoms with Crippen LogP contribution < -0.4 is 19.5 Å². The number of unbranched alkanes of at least 4 members (excludes halogenated alkanes) is 1. The number of nitrogens with one attached hydrogen (secondary N) is 1. The minimum Gasteiger partial charge on any atom is -0.493 e. The summed E-state index contributed by atoms with van der Waals surface area (Å²) in [5, 5.41) is 4.44. The summed E-state index contributed by atoms with van der Waals surface area (Å²) < 4.78 is 16.9. The van der Waals surface area contributed by atoms with E-state index in [-0.39, 0.29) is 0 Å². The van der Waals surface area contributed by atoms with Crippen LogP contribution >= 0.6 is 0 Å². The minimum atomic E-state index is -0.473. The minimum absolute atomic E-state index is 0.421. The predicted octanol–water partition coefficient (Wildman–Crippen LogP) is 4.53. The third-order valence-electron chi connectivity index (χ3n) is 3.52. The highest BCUT2D eigenvalue weighted by molar-refractivity contribution is 5.97. The third-order valence-corrected chi connectivity index (χ3v) is 3.52. The Morgan fingerprint density at radius 1 is 1.00 bits per heavy atom. The molecule has 0 saturated carbocycles. The zero-order valence-electron chi connectivity index (χ0n) is 14.6. The van der Waals surface area contributed by atoms with Gasteiger partial charge in [0.15, 0.2) is 11.5 Å². The van der Waals surface area contributed by atoms with E-state index in [1.807, 2.05) is 38.1 Å². The first-order valence-corrected chi connectivity index (χ1v) is 8.48. The zero-order chi connectivity index (χ0) is 17.4. The van der Waals surface area contributed by atoms with Crippen LogP contribution in [0, 0.1) is 0 Å². The number of rotatable bonds is 8. The second-order valence-electron chi connectivity index (χ2n) is 5.28. The van der Waals surface area contributed by atoms with Crippen LogP contribution in [0.1, 0.15) is 33.6 Å². The number of carbonyl (C=O) groups is 1. The van der Waals surface area contributed by atoms with Crippen molar-refractivity contribution in [2.45, 2.75) is 33.6 Å². The molecule has 0 saturated heterocycles. The van der Waals surface area contributed by atoms with Crippen molar-refractivity contribution in [2.75, 3.05) is 19.8 Å². The van der Waals surface area contributed by atoms with Gasteiger partial charge in [0, 0.05) is 23.4 Å². The number of amides is 1. The Hall–Kier alpha value is -2.43. The van der Waals surface area contributed by atoms with Crippen LogP contribution in [0.4, 0.5) is 4.79 Å². The van der Waals surface area contributed by atoms with E-state index in [0.29, 0.717) is 31.3 Å². The van der Waals surface area contributed by atoms with Crippen LogP contribution in [0.3, 0.4) is 0 Å². The van der Waals surface area contributed by atoms with Gasteiger partial charge >= 0.3 is 6.09 Å². The molecule has 0 spiro atoms. The van der Waals surface area contributed by atoms with E-state index < -0.39 is 6.09 Å². The molecular formula is C19H25NO4. The Bertz CT molecular complexity index is 684. The van der Waals surface area contributed by atoms with Crippen molar-refractivity contribution in [3.05, 3.63) is 30.3 Å². The molecular weight excluding hydrogens is 306 g/mol. The van der Waals surface area contributed by atoms with Gasteiger partial charge < -0.3 is 19.5 Å². The van der Waals surface area contributed by atoms with E-state index in [4.69, 9.17) is 14.2 Å². The van der Waals surface area contributed by atoms with Gasteiger partial charge in [-0.3, -0.25) is 0 Å². The standard InChI is InChI=1S/C19H25NO4/c1-4-7-12-20-19(21)24-18-15-11-9-8-10-14(15)16(22-5-2)13-17(18)23-6-3/h8-11,13H,4-7,12H2,1-3H3,(H,20,21). The molecule has 5 nitrogen and oxygen atoms in total. The van der Waals surface area contributed by atoms with Crippen molar-refractivity contribution in [3.63, 3.8) is 0 Å². The van der Waals surface area contributed by atoms with Gasteiger partial charge in [-0.25, -0.2) is 4.79 Å². The maximum atomic E-state index is 12.1. The lowest BCUT2D eigenvalue weighted by Gasteiger charge is -2.16. The van der Waals surface area contributed by atoms with Crippen molar-refractivity contribution < 1.29 is 19.0 Å². The molecule has 130 valence electrons. The zero-order valence-corrected chi connectivity index (χ0v) is 14.6. The molecule has 0 aliphatic heterocycles. The van der Waals surface area contributed by atoms with E-state index in [2.05, 4.69) is 12.2 Å². The molecule has 1 N–H and O–H groups in total. The lowest BCUT2D eigenvalue weighted by molar-refractivity contribution is 0.198. The lowest BCUT2D eigenvalue weighted by atomic mass is 10.1. The summed E-state index contributed by atoms with van der Waals surface area (Å²) in [6, 6.07) is 9.45. The molecule has 0 fully saturated rings. The summed E-state index contributed by atoms with van der Waals surface area (Å²) in [5.41, 5.74) is 0. The molecule has 0 unspecified atom stereocenters. The molecule has 0 aliphatic rings. The summed E-state index contributed by atoms with van der Waals surface area (Å²) in [4.78, 5) is 12.1. The number of carbonyl (C=O) groups excluding carboxylic acids is 1. The van der Waals surface area contributed by atoms with Gasteiger partial charge in [-0.1, -0.05) is 37.6 Å². The summed E-state index contributed by atoms with van der Waals surface area (Å²) in [6.07, 6.45) is 1.45. The van der Waals surface area contributed by atoms with Crippen molar-refractivity contribution in [1.29, 1.82) is 0 Å². The Labute approximate surface area is 142 Å². The summed E-state index contributed by atoms with van der Waals surface area (Å²) in [6.45, 7) is 7.50. The van der Waals surface area contributed by atoms with Gasteiger partial charge in [-0.05, 0) is 20.3 Å². The molecule has 5 heteroatoms. The number of ether oxygens (including phenoxy) is 3. The summed E-state index contributed by atoms with van der Waals surface area (Å²) in [5.74, 6) is 1.64. The van der Waals surface area contributed by atoms with Crippen molar-refractivity contribution >= 4 is 16.9 Å². The normalized spacial score (nSPS) is 10.5. The Balaban J connectivity index is 2.40. The van der Waals surface area contributed by atoms with Crippen LogP contribution in [0.25, 0.3) is 10.8 Å². The molecule has 0 radical (unpaired) electrons. The van der Waals surface area contributed by atoms with Gasteiger partial charge in [0.25, 0.3) is 0 Å². The molecule has 0 heterocycles. The summed E-state index contributed by atoms with van der Waals surface area (Å²) >= 11 is 0. The van der Waals surface area contributed by atoms with Crippen molar-refractivity contribution in [3.8, 4) is 17.2 Å². The Morgan fingerprint density at radius 3 is 2.33 bits per heavy atom. The van der Waals surface area contributed by atoms with E-state index in [9.17, 15) is 4.79 Å². The van der Waals surface area contributed by atoms with E-state index in [1.54, 1.807) is 6.07 Å². The highest BCUT2D eigenvalue weighted by Gasteiger charge is 2.18. The second kappa shape index (κ2) is 9.01. The highest BCUT2D eigenvalue weighted by atomic mass is 16.6.